The fraction of sp³-hybridized carbons (Fsp3) is 1.00. The third-order valence-corrected chi connectivity index (χ3v) is 4.26. The second-order valence-electron chi connectivity index (χ2n) is 6.32. The molecule has 1 N–H and O–H groups in total. The van der Waals surface area contributed by atoms with Gasteiger partial charge in [0.15, 0.2) is 0 Å². The molecule has 1 rings (SSSR count). The van der Waals surface area contributed by atoms with Gasteiger partial charge in [0.2, 0.25) is 0 Å². The van der Waals surface area contributed by atoms with E-state index in [2.05, 4.69) is 31.2 Å². The highest BCUT2D eigenvalue weighted by Gasteiger charge is 2.16. The van der Waals surface area contributed by atoms with Crippen molar-refractivity contribution in [2.24, 2.45) is 5.92 Å². The molecule has 1 atom stereocenters. The Hall–Kier alpha value is -0.0800. The van der Waals surface area contributed by atoms with Crippen LogP contribution >= 0.6 is 0 Å². The van der Waals surface area contributed by atoms with E-state index in [-0.39, 0.29) is 0 Å². The van der Waals surface area contributed by atoms with Crippen molar-refractivity contribution in [2.75, 3.05) is 27.2 Å². The molecule has 0 amide bonds. The first-order chi connectivity index (χ1) is 8.72. The monoisotopic (exact) mass is 254 g/mol. The van der Waals surface area contributed by atoms with E-state index in [4.69, 9.17) is 0 Å². The molecule has 0 aliphatic heterocycles. The molecular weight excluding hydrogens is 220 g/mol. The van der Waals surface area contributed by atoms with Crippen LogP contribution in [0.2, 0.25) is 0 Å². The van der Waals surface area contributed by atoms with Crippen LogP contribution in [0.3, 0.4) is 0 Å². The van der Waals surface area contributed by atoms with Gasteiger partial charge in [-0.25, -0.2) is 0 Å². The van der Waals surface area contributed by atoms with Crippen LogP contribution in [0, 0.1) is 5.92 Å². The molecule has 0 saturated heterocycles. The van der Waals surface area contributed by atoms with Crippen LogP contribution in [0.25, 0.3) is 0 Å². The molecule has 1 aliphatic carbocycles. The van der Waals surface area contributed by atoms with Crippen LogP contribution in [0.15, 0.2) is 0 Å². The highest BCUT2D eigenvalue weighted by molar-refractivity contribution is 4.72. The summed E-state index contributed by atoms with van der Waals surface area (Å²) in [5.41, 5.74) is 0. The van der Waals surface area contributed by atoms with Crippen LogP contribution in [0.4, 0.5) is 0 Å². The summed E-state index contributed by atoms with van der Waals surface area (Å²) in [6.45, 7) is 4.66. The average Bonchev–Trinajstić information content (AvgIpc) is 2.39. The lowest BCUT2D eigenvalue weighted by molar-refractivity contribution is 0.294. The Bertz CT molecular complexity index is 186. The van der Waals surface area contributed by atoms with Crippen molar-refractivity contribution in [3.05, 3.63) is 0 Å². The summed E-state index contributed by atoms with van der Waals surface area (Å²) in [5, 5.41) is 3.74. The van der Waals surface area contributed by atoms with E-state index >= 15 is 0 Å². The van der Waals surface area contributed by atoms with Gasteiger partial charge < -0.3 is 10.2 Å². The van der Waals surface area contributed by atoms with E-state index in [0.29, 0.717) is 0 Å². The highest BCUT2D eigenvalue weighted by Crippen LogP contribution is 2.28. The van der Waals surface area contributed by atoms with E-state index in [1.807, 2.05) is 0 Å². The molecule has 108 valence electrons. The van der Waals surface area contributed by atoms with E-state index < -0.39 is 0 Å². The standard InChI is InChI=1S/C16H34N2/c1-4-13-17-16(12-14-18(2)3)11-10-15-8-6-5-7-9-15/h15-17H,4-14H2,1-3H3. The first kappa shape index (κ1) is 16.0. The minimum atomic E-state index is 0.745. The van der Waals surface area contributed by atoms with Crippen molar-refractivity contribution in [2.45, 2.75) is 70.8 Å². The number of nitrogens with one attached hydrogen (secondary N) is 1. The Morgan fingerprint density at radius 2 is 1.83 bits per heavy atom. The highest BCUT2D eigenvalue weighted by atomic mass is 15.1. The third-order valence-electron chi connectivity index (χ3n) is 4.26. The Morgan fingerprint density at radius 3 is 2.44 bits per heavy atom. The molecule has 1 saturated carbocycles. The normalized spacial score (nSPS) is 19.3. The second kappa shape index (κ2) is 9.80. The fourth-order valence-electron chi connectivity index (χ4n) is 3.02. The molecule has 2 heteroatoms. The van der Waals surface area contributed by atoms with Crippen molar-refractivity contribution in [3.63, 3.8) is 0 Å². The minimum Gasteiger partial charge on any atom is -0.314 e. The molecule has 0 spiro atoms. The van der Waals surface area contributed by atoms with Gasteiger partial charge in [0.1, 0.15) is 0 Å². The van der Waals surface area contributed by atoms with Gasteiger partial charge in [0.05, 0.1) is 0 Å². The van der Waals surface area contributed by atoms with E-state index in [1.54, 1.807) is 0 Å². The van der Waals surface area contributed by atoms with Crippen LogP contribution < -0.4 is 5.32 Å². The van der Waals surface area contributed by atoms with E-state index in [0.717, 1.165) is 12.0 Å². The maximum Gasteiger partial charge on any atom is 0.00793 e. The van der Waals surface area contributed by atoms with Gasteiger partial charge in [-0.1, -0.05) is 39.0 Å². The summed E-state index contributed by atoms with van der Waals surface area (Å²) in [6, 6.07) is 0.745. The quantitative estimate of drug-likeness (QED) is 0.675. The molecule has 2 nitrogen and oxygen atoms in total. The number of rotatable bonds is 9. The summed E-state index contributed by atoms with van der Waals surface area (Å²) < 4.78 is 0. The lowest BCUT2D eigenvalue weighted by Crippen LogP contribution is -2.33. The molecule has 1 fully saturated rings. The molecule has 1 aliphatic rings. The first-order valence-corrected chi connectivity index (χ1v) is 8.10. The largest absolute Gasteiger partial charge is 0.314 e. The second-order valence-corrected chi connectivity index (χ2v) is 6.32. The molecule has 0 aromatic rings. The summed E-state index contributed by atoms with van der Waals surface area (Å²) >= 11 is 0. The topological polar surface area (TPSA) is 15.3 Å². The van der Waals surface area contributed by atoms with Crippen molar-refractivity contribution < 1.29 is 0 Å². The molecular formula is C16H34N2. The molecule has 0 aromatic heterocycles. The minimum absolute atomic E-state index is 0.745. The fourth-order valence-corrected chi connectivity index (χ4v) is 3.02. The molecule has 18 heavy (non-hydrogen) atoms. The Labute approximate surface area is 115 Å². The Balaban J connectivity index is 2.20. The van der Waals surface area contributed by atoms with E-state index in [9.17, 15) is 0 Å². The summed E-state index contributed by atoms with van der Waals surface area (Å²) in [7, 11) is 4.36. The van der Waals surface area contributed by atoms with Crippen molar-refractivity contribution in [1.82, 2.24) is 10.2 Å². The number of hydrogen-bond acceptors (Lipinski definition) is 2. The zero-order valence-electron chi connectivity index (χ0n) is 12.9. The van der Waals surface area contributed by atoms with Crippen molar-refractivity contribution in [1.29, 1.82) is 0 Å². The lowest BCUT2D eigenvalue weighted by atomic mass is 9.85. The molecule has 0 aromatic carbocycles. The molecule has 1 unspecified atom stereocenters. The van der Waals surface area contributed by atoms with Gasteiger partial charge in [0, 0.05) is 6.04 Å². The van der Waals surface area contributed by atoms with Gasteiger partial charge in [-0.3, -0.25) is 0 Å². The average molecular weight is 254 g/mol. The molecule has 0 bridgehead atoms. The number of nitrogens with zero attached hydrogens (tertiary/aromatic N) is 1. The predicted octanol–water partition coefficient (Wildman–Crippen LogP) is 3.67. The van der Waals surface area contributed by atoms with Crippen molar-refractivity contribution in [3.8, 4) is 0 Å². The van der Waals surface area contributed by atoms with Crippen molar-refractivity contribution >= 4 is 0 Å². The van der Waals surface area contributed by atoms with Gasteiger partial charge in [-0.2, -0.15) is 0 Å². The first-order valence-electron chi connectivity index (χ1n) is 8.10. The van der Waals surface area contributed by atoms with Gasteiger partial charge in [-0.15, -0.1) is 0 Å². The van der Waals surface area contributed by atoms with Crippen LogP contribution in [-0.4, -0.2) is 38.1 Å². The zero-order valence-corrected chi connectivity index (χ0v) is 12.9. The zero-order chi connectivity index (χ0) is 13.2. The van der Waals surface area contributed by atoms with E-state index in [1.165, 1.54) is 70.9 Å². The smallest absolute Gasteiger partial charge is 0.00793 e. The molecule has 0 radical (unpaired) electrons. The van der Waals surface area contributed by atoms with Crippen LogP contribution in [0.1, 0.15) is 64.7 Å². The maximum absolute atomic E-state index is 3.74. The summed E-state index contributed by atoms with van der Waals surface area (Å²) in [6.07, 6.45) is 12.8. The maximum atomic E-state index is 3.74. The van der Waals surface area contributed by atoms with Gasteiger partial charge in [0.25, 0.3) is 0 Å². The Kier molecular flexibility index (Phi) is 8.70. The SMILES string of the molecule is CCCNC(CCC1CCCCC1)CCN(C)C. The Morgan fingerprint density at radius 1 is 1.11 bits per heavy atom. The number of hydrogen-bond donors (Lipinski definition) is 1. The van der Waals surface area contributed by atoms with Gasteiger partial charge >= 0.3 is 0 Å². The molecule has 0 heterocycles. The third kappa shape index (κ3) is 7.38. The van der Waals surface area contributed by atoms with Crippen LogP contribution in [0.5, 0.6) is 0 Å². The van der Waals surface area contributed by atoms with Gasteiger partial charge in [-0.05, 0) is 58.8 Å². The predicted molar refractivity (Wildman–Crippen MR) is 81.1 cm³/mol. The summed E-state index contributed by atoms with van der Waals surface area (Å²) in [5.74, 6) is 1.03. The lowest BCUT2D eigenvalue weighted by Gasteiger charge is -2.25. The van der Waals surface area contributed by atoms with Crippen LogP contribution in [-0.2, 0) is 0 Å². The summed E-state index contributed by atoms with van der Waals surface area (Å²) in [4.78, 5) is 2.31.